The van der Waals surface area contributed by atoms with Crippen molar-refractivity contribution < 1.29 is 38.0 Å². The van der Waals surface area contributed by atoms with Crippen LogP contribution in [0.15, 0.2) is 6.20 Å². The molecule has 0 spiro atoms. The van der Waals surface area contributed by atoms with Crippen LogP contribution >= 0.6 is 11.6 Å². The summed E-state index contributed by atoms with van der Waals surface area (Å²) in [4.78, 5) is 6.77. The molecule has 2 saturated heterocycles. The molecule has 3 heterocycles. The molecule has 12 heteroatoms. The summed E-state index contributed by atoms with van der Waals surface area (Å²) in [5.41, 5.74) is -2.72. The molecule has 0 aromatic carbocycles. The van der Waals surface area contributed by atoms with E-state index in [9.17, 15) is 28.5 Å². The van der Waals surface area contributed by atoms with Gasteiger partial charge in [0.1, 0.15) is 35.2 Å². The molecule has 0 unspecified atom stereocenters. The van der Waals surface area contributed by atoms with Gasteiger partial charge in [0, 0.05) is 6.20 Å². The molecule has 4 N–H and O–H groups in total. The number of ether oxygens (including phenoxy) is 2. The third-order valence-corrected chi connectivity index (χ3v) is 4.18. The number of rotatable bonds is 3. The molecule has 2 aliphatic heterocycles. The van der Waals surface area contributed by atoms with Crippen LogP contribution in [-0.2, 0) is 15.7 Å². The SMILES string of the molecule is OC[C@@]12CO[C@@H](O1)[C@H](Nc1nc(Cl)ncc1C(F)(F)F)[C@@H](O)[C@H]2O. The molecule has 3 rings (SSSR count). The highest BCUT2D eigenvalue weighted by Gasteiger charge is 2.59. The number of fused-ring (bicyclic) bond motifs is 2. The summed E-state index contributed by atoms with van der Waals surface area (Å²) in [6.45, 7) is -0.844. The molecular weight excluding hydrogens is 359 g/mol. The zero-order valence-corrected chi connectivity index (χ0v) is 12.6. The van der Waals surface area contributed by atoms with E-state index in [1.165, 1.54) is 0 Å². The van der Waals surface area contributed by atoms with Crippen LogP contribution in [0.1, 0.15) is 5.56 Å². The molecule has 1 aromatic rings. The van der Waals surface area contributed by atoms with Crippen molar-refractivity contribution in [3.63, 3.8) is 0 Å². The number of hydrogen-bond donors (Lipinski definition) is 4. The maximum Gasteiger partial charge on any atom is 0.421 e. The van der Waals surface area contributed by atoms with Gasteiger partial charge in [0.05, 0.1) is 13.2 Å². The summed E-state index contributed by atoms with van der Waals surface area (Å²) in [7, 11) is 0. The van der Waals surface area contributed by atoms with Crippen LogP contribution in [0.2, 0.25) is 5.28 Å². The number of aromatic nitrogens is 2. The Labute approximate surface area is 138 Å². The van der Waals surface area contributed by atoms with Crippen LogP contribution in [0.25, 0.3) is 0 Å². The molecular formula is C12H13ClF3N3O5. The molecule has 1 aromatic heterocycles. The summed E-state index contributed by atoms with van der Waals surface area (Å²) in [5, 5.41) is 31.6. The van der Waals surface area contributed by atoms with Crippen LogP contribution in [0, 0.1) is 0 Å². The summed E-state index contributed by atoms with van der Waals surface area (Å²) >= 11 is 5.54. The van der Waals surface area contributed by atoms with Crippen molar-refractivity contribution in [2.75, 3.05) is 18.5 Å². The predicted molar refractivity (Wildman–Crippen MR) is 72.1 cm³/mol. The summed E-state index contributed by atoms with van der Waals surface area (Å²) in [5.74, 6) is -0.686. The number of halogens is 4. The first-order valence-electron chi connectivity index (χ1n) is 6.80. The normalized spacial score (nSPS) is 36.0. The molecule has 8 nitrogen and oxygen atoms in total. The summed E-state index contributed by atoms with van der Waals surface area (Å²) < 4.78 is 49.7. The fourth-order valence-corrected chi connectivity index (χ4v) is 2.82. The minimum Gasteiger partial charge on any atom is -0.393 e. The quantitative estimate of drug-likeness (QED) is 0.538. The number of aliphatic hydroxyl groups is 3. The predicted octanol–water partition coefficient (Wildman–Crippen LogP) is -0.231. The van der Waals surface area contributed by atoms with Crippen LogP contribution < -0.4 is 5.32 Å². The van der Waals surface area contributed by atoms with Gasteiger partial charge in [-0.2, -0.15) is 13.2 Å². The summed E-state index contributed by atoms with van der Waals surface area (Å²) in [6, 6.07) is -1.27. The number of nitrogens with zero attached hydrogens (tertiary/aromatic N) is 2. The molecule has 2 bridgehead atoms. The fourth-order valence-electron chi connectivity index (χ4n) is 2.69. The first-order valence-corrected chi connectivity index (χ1v) is 7.18. The minimum absolute atomic E-state index is 0.221. The van der Waals surface area contributed by atoms with Gasteiger partial charge in [-0.05, 0) is 11.6 Å². The molecule has 2 fully saturated rings. The highest BCUT2D eigenvalue weighted by atomic mass is 35.5. The van der Waals surface area contributed by atoms with Crippen molar-refractivity contribution in [2.45, 2.75) is 36.3 Å². The Morgan fingerprint density at radius 2 is 2.12 bits per heavy atom. The van der Waals surface area contributed by atoms with Crippen molar-refractivity contribution >= 4 is 17.4 Å². The second kappa shape index (κ2) is 5.93. The average molecular weight is 372 g/mol. The van der Waals surface area contributed by atoms with Crippen molar-refractivity contribution in [2.24, 2.45) is 0 Å². The van der Waals surface area contributed by atoms with Crippen molar-refractivity contribution in [1.29, 1.82) is 0 Å². The van der Waals surface area contributed by atoms with Crippen LogP contribution in [0.3, 0.4) is 0 Å². The highest BCUT2D eigenvalue weighted by molar-refractivity contribution is 6.28. The van der Waals surface area contributed by atoms with E-state index in [0.717, 1.165) is 0 Å². The Balaban J connectivity index is 1.91. The Morgan fingerprint density at radius 3 is 2.75 bits per heavy atom. The van der Waals surface area contributed by atoms with Crippen molar-refractivity contribution in [1.82, 2.24) is 9.97 Å². The Morgan fingerprint density at radius 1 is 1.42 bits per heavy atom. The number of nitrogens with one attached hydrogen (secondary N) is 1. The van der Waals surface area contributed by atoms with Gasteiger partial charge < -0.3 is 30.1 Å². The third-order valence-electron chi connectivity index (χ3n) is 4.00. The molecule has 2 aliphatic rings. The van der Waals surface area contributed by atoms with E-state index < -0.39 is 59.6 Å². The van der Waals surface area contributed by atoms with Gasteiger partial charge in [-0.25, -0.2) is 9.97 Å². The van der Waals surface area contributed by atoms with Crippen LogP contribution in [-0.4, -0.2) is 68.6 Å². The van der Waals surface area contributed by atoms with E-state index in [-0.39, 0.29) is 6.61 Å². The van der Waals surface area contributed by atoms with Gasteiger partial charge in [-0.1, -0.05) is 0 Å². The van der Waals surface area contributed by atoms with Gasteiger partial charge in [0.25, 0.3) is 0 Å². The summed E-state index contributed by atoms with van der Waals surface area (Å²) in [6.07, 6.45) is -8.61. The molecule has 0 aliphatic carbocycles. The zero-order valence-electron chi connectivity index (χ0n) is 11.9. The number of anilines is 1. The Bertz CT molecular complexity index is 636. The Hall–Kier alpha value is -1.24. The lowest BCUT2D eigenvalue weighted by Gasteiger charge is -2.42. The number of alkyl halides is 3. The van der Waals surface area contributed by atoms with E-state index in [1.54, 1.807) is 0 Å². The standard InChI is InChI=1S/C12H13ClF3N3O5/c13-10-17-1-4(12(14,15)16)8(19-10)18-5-6(21)7(22)11(2-20)3-23-9(5)24-11/h1,5-7,9,20-22H,2-3H2,(H,17,18,19)/t5-,6-,7-,9+,11+/m1/s1. The molecule has 5 atom stereocenters. The first kappa shape index (κ1) is 17.6. The lowest BCUT2D eigenvalue weighted by atomic mass is 9.88. The smallest absolute Gasteiger partial charge is 0.393 e. The third kappa shape index (κ3) is 2.80. The van der Waals surface area contributed by atoms with Crippen LogP contribution in [0.4, 0.5) is 19.0 Å². The number of aliphatic hydroxyl groups excluding tert-OH is 3. The van der Waals surface area contributed by atoms with Gasteiger partial charge in [0.2, 0.25) is 5.28 Å². The topological polar surface area (TPSA) is 117 Å². The van der Waals surface area contributed by atoms with E-state index in [1.807, 2.05) is 0 Å². The van der Waals surface area contributed by atoms with Crippen molar-refractivity contribution in [3.05, 3.63) is 17.0 Å². The molecule has 24 heavy (non-hydrogen) atoms. The fraction of sp³-hybridized carbons (Fsp3) is 0.667. The maximum atomic E-state index is 13.0. The largest absolute Gasteiger partial charge is 0.421 e. The van der Waals surface area contributed by atoms with E-state index in [2.05, 4.69) is 15.3 Å². The number of hydrogen-bond acceptors (Lipinski definition) is 8. The van der Waals surface area contributed by atoms with Gasteiger partial charge in [0.15, 0.2) is 6.29 Å². The second-order valence-electron chi connectivity index (χ2n) is 5.52. The first-order chi connectivity index (χ1) is 11.2. The monoisotopic (exact) mass is 371 g/mol. The lowest BCUT2D eigenvalue weighted by Crippen LogP contribution is -2.64. The van der Waals surface area contributed by atoms with Crippen LogP contribution in [0.5, 0.6) is 0 Å². The average Bonchev–Trinajstić information content (AvgIpc) is 2.91. The Kier molecular flexibility index (Phi) is 4.35. The van der Waals surface area contributed by atoms with Gasteiger partial charge >= 0.3 is 6.18 Å². The highest BCUT2D eigenvalue weighted by Crippen LogP contribution is 2.39. The lowest BCUT2D eigenvalue weighted by molar-refractivity contribution is -0.225. The maximum absolute atomic E-state index is 13.0. The molecule has 0 saturated carbocycles. The van der Waals surface area contributed by atoms with Gasteiger partial charge in [-0.15, -0.1) is 0 Å². The zero-order chi connectivity index (χ0) is 17.7. The second-order valence-corrected chi connectivity index (χ2v) is 5.86. The van der Waals surface area contributed by atoms with Crippen molar-refractivity contribution in [3.8, 4) is 0 Å². The van der Waals surface area contributed by atoms with E-state index in [4.69, 9.17) is 21.1 Å². The van der Waals surface area contributed by atoms with Gasteiger partial charge in [-0.3, -0.25) is 0 Å². The van der Waals surface area contributed by atoms with E-state index >= 15 is 0 Å². The minimum atomic E-state index is -4.77. The molecule has 134 valence electrons. The molecule has 0 amide bonds. The van der Waals surface area contributed by atoms with E-state index in [0.29, 0.717) is 6.20 Å². The molecule has 0 radical (unpaired) electrons.